The van der Waals surface area contributed by atoms with Crippen LogP contribution in [-0.4, -0.2) is 29.5 Å². The number of nitrogens with two attached hydrogens (primary N) is 1. The number of carbonyl (C=O) groups excluding carboxylic acids is 1. The zero-order valence-electron chi connectivity index (χ0n) is 15.4. The summed E-state index contributed by atoms with van der Waals surface area (Å²) >= 11 is 1.59. The van der Waals surface area contributed by atoms with Crippen LogP contribution in [0.2, 0.25) is 0 Å². The number of amides is 1. The Morgan fingerprint density at radius 1 is 1.37 bits per heavy atom. The summed E-state index contributed by atoms with van der Waals surface area (Å²) < 4.78 is 0.899. The van der Waals surface area contributed by atoms with E-state index in [1.54, 1.807) is 17.5 Å². The van der Waals surface area contributed by atoms with Crippen molar-refractivity contribution in [1.82, 2.24) is 10.3 Å². The number of carbonyl (C=O) groups is 1. The van der Waals surface area contributed by atoms with Gasteiger partial charge in [0.25, 0.3) is 5.91 Å². The van der Waals surface area contributed by atoms with Crippen molar-refractivity contribution < 1.29 is 4.79 Å². The SMILES string of the molecule is CC[C@@H]1NCCC[C@@H]1Nc1ncc(C(N)=O)c2sc(-c3ccccc3)cc12. The van der Waals surface area contributed by atoms with Crippen LogP contribution in [0.1, 0.15) is 36.5 Å². The summed E-state index contributed by atoms with van der Waals surface area (Å²) in [5, 5.41) is 8.19. The molecule has 1 amide bonds. The Morgan fingerprint density at radius 2 is 2.19 bits per heavy atom. The van der Waals surface area contributed by atoms with E-state index in [1.165, 1.54) is 0 Å². The third-order valence-corrected chi connectivity index (χ3v) is 6.44. The van der Waals surface area contributed by atoms with Gasteiger partial charge in [-0.15, -0.1) is 11.3 Å². The van der Waals surface area contributed by atoms with Gasteiger partial charge in [-0.1, -0.05) is 37.3 Å². The van der Waals surface area contributed by atoms with E-state index in [9.17, 15) is 4.79 Å². The van der Waals surface area contributed by atoms with E-state index >= 15 is 0 Å². The Labute approximate surface area is 163 Å². The molecule has 5 nitrogen and oxygen atoms in total. The van der Waals surface area contributed by atoms with Crippen LogP contribution in [0.3, 0.4) is 0 Å². The van der Waals surface area contributed by atoms with Gasteiger partial charge in [0.05, 0.1) is 10.3 Å². The van der Waals surface area contributed by atoms with Crippen LogP contribution in [0, 0.1) is 0 Å². The highest BCUT2D eigenvalue weighted by Gasteiger charge is 2.25. The standard InChI is InChI=1S/C21H24N4OS/c1-2-16-17(9-6-10-23-16)25-21-14-11-18(13-7-4-3-5-8-13)27-19(14)15(12-24-21)20(22)26/h3-5,7-8,11-12,16-17,23H,2,6,9-10H2,1H3,(H2,22,26)(H,24,25)/t16-,17-/m0/s1. The third kappa shape index (κ3) is 3.55. The lowest BCUT2D eigenvalue weighted by atomic mass is 9.96. The van der Waals surface area contributed by atoms with Gasteiger partial charge in [-0.05, 0) is 37.4 Å². The van der Waals surface area contributed by atoms with E-state index in [-0.39, 0.29) is 0 Å². The molecule has 1 aliphatic heterocycles. The Balaban J connectivity index is 1.78. The van der Waals surface area contributed by atoms with E-state index in [0.29, 0.717) is 17.6 Å². The molecular weight excluding hydrogens is 356 g/mol. The lowest BCUT2D eigenvalue weighted by Crippen LogP contribution is -2.48. The second-order valence-electron chi connectivity index (χ2n) is 6.97. The largest absolute Gasteiger partial charge is 0.366 e. The zero-order chi connectivity index (χ0) is 18.8. The van der Waals surface area contributed by atoms with Gasteiger partial charge < -0.3 is 16.4 Å². The molecule has 0 radical (unpaired) electrons. The van der Waals surface area contributed by atoms with Crippen LogP contribution in [0.4, 0.5) is 5.82 Å². The molecule has 140 valence electrons. The second-order valence-corrected chi connectivity index (χ2v) is 8.02. The first-order valence-corrected chi connectivity index (χ1v) is 10.3. The lowest BCUT2D eigenvalue weighted by molar-refractivity contribution is 0.100. The number of hydrogen-bond acceptors (Lipinski definition) is 5. The summed E-state index contributed by atoms with van der Waals surface area (Å²) in [6.07, 6.45) is 4.94. The van der Waals surface area contributed by atoms with Crippen LogP contribution < -0.4 is 16.4 Å². The van der Waals surface area contributed by atoms with Gasteiger partial charge >= 0.3 is 0 Å². The molecule has 0 spiro atoms. The fraction of sp³-hybridized carbons (Fsp3) is 0.333. The number of nitrogens with one attached hydrogen (secondary N) is 2. The van der Waals surface area contributed by atoms with E-state index in [2.05, 4.69) is 40.7 Å². The molecule has 3 aromatic rings. The fourth-order valence-corrected chi connectivity index (χ4v) is 4.97. The Bertz CT molecular complexity index is 953. The lowest BCUT2D eigenvalue weighted by Gasteiger charge is -2.33. The van der Waals surface area contributed by atoms with Crippen LogP contribution in [0.15, 0.2) is 42.6 Å². The van der Waals surface area contributed by atoms with Gasteiger partial charge in [-0.2, -0.15) is 0 Å². The molecule has 4 N–H and O–H groups in total. The van der Waals surface area contributed by atoms with E-state index < -0.39 is 5.91 Å². The summed E-state index contributed by atoms with van der Waals surface area (Å²) in [5.41, 5.74) is 7.22. The summed E-state index contributed by atoms with van der Waals surface area (Å²) in [7, 11) is 0. The minimum atomic E-state index is -0.439. The number of pyridine rings is 1. The second kappa shape index (κ2) is 7.66. The molecule has 6 heteroatoms. The molecule has 0 aliphatic carbocycles. The Hall–Kier alpha value is -2.44. The first-order chi connectivity index (χ1) is 13.2. The van der Waals surface area contributed by atoms with Crippen LogP contribution >= 0.6 is 11.3 Å². The summed E-state index contributed by atoms with van der Waals surface area (Å²) in [5.74, 6) is 0.395. The van der Waals surface area contributed by atoms with Gasteiger partial charge in [-0.25, -0.2) is 4.98 Å². The number of aromatic nitrogens is 1. The Morgan fingerprint density at radius 3 is 2.93 bits per heavy atom. The van der Waals surface area contributed by atoms with Crippen molar-refractivity contribution in [2.45, 2.75) is 38.3 Å². The van der Waals surface area contributed by atoms with Gasteiger partial charge in [0.1, 0.15) is 5.82 Å². The van der Waals surface area contributed by atoms with E-state index in [0.717, 1.165) is 52.2 Å². The summed E-state index contributed by atoms with van der Waals surface area (Å²) in [6.45, 7) is 3.27. The normalized spacial score (nSPS) is 19.9. The zero-order valence-corrected chi connectivity index (χ0v) is 16.2. The maximum absolute atomic E-state index is 11.9. The maximum atomic E-state index is 11.9. The van der Waals surface area contributed by atoms with E-state index in [1.807, 2.05) is 18.2 Å². The van der Waals surface area contributed by atoms with E-state index in [4.69, 9.17) is 5.73 Å². The molecule has 0 saturated carbocycles. The molecule has 0 bridgehead atoms. The number of anilines is 1. The molecular formula is C21H24N4OS. The van der Waals surface area contributed by atoms with Crippen molar-refractivity contribution in [3.8, 4) is 10.4 Å². The van der Waals surface area contributed by atoms with Gasteiger partial charge in [0, 0.05) is 28.5 Å². The van der Waals surface area contributed by atoms with Crippen molar-refractivity contribution >= 4 is 33.1 Å². The number of benzene rings is 1. The number of thiophene rings is 1. The predicted octanol–water partition coefficient (Wildman–Crippen LogP) is 4.00. The molecule has 27 heavy (non-hydrogen) atoms. The molecule has 0 unspecified atom stereocenters. The average molecular weight is 381 g/mol. The van der Waals surface area contributed by atoms with Crippen molar-refractivity contribution in [1.29, 1.82) is 0 Å². The van der Waals surface area contributed by atoms with Gasteiger partial charge in [0.2, 0.25) is 0 Å². The van der Waals surface area contributed by atoms with Crippen molar-refractivity contribution in [3.63, 3.8) is 0 Å². The molecule has 2 aromatic heterocycles. The maximum Gasteiger partial charge on any atom is 0.251 e. The number of hydrogen-bond donors (Lipinski definition) is 3. The minimum Gasteiger partial charge on any atom is -0.366 e. The minimum absolute atomic E-state index is 0.332. The van der Waals surface area contributed by atoms with Crippen LogP contribution in [0.25, 0.3) is 20.5 Å². The highest BCUT2D eigenvalue weighted by atomic mass is 32.1. The molecule has 2 atom stereocenters. The molecule has 1 aliphatic rings. The molecule has 1 aromatic carbocycles. The quantitative estimate of drug-likeness (QED) is 0.625. The first-order valence-electron chi connectivity index (χ1n) is 9.45. The van der Waals surface area contributed by atoms with Gasteiger partial charge in [-0.3, -0.25) is 4.79 Å². The summed E-state index contributed by atoms with van der Waals surface area (Å²) in [4.78, 5) is 17.6. The smallest absolute Gasteiger partial charge is 0.251 e. The molecule has 1 saturated heterocycles. The fourth-order valence-electron chi connectivity index (χ4n) is 3.79. The van der Waals surface area contributed by atoms with Crippen molar-refractivity contribution in [2.24, 2.45) is 5.73 Å². The highest BCUT2D eigenvalue weighted by molar-refractivity contribution is 7.22. The monoisotopic (exact) mass is 380 g/mol. The number of fused-ring (bicyclic) bond motifs is 1. The number of piperidine rings is 1. The Kier molecular flexibility index (Phi) is 5.09. The predicted molar refractivity (Wildman–Crippen MR) is 112 cm³/mol. The van der Waals surface area contributed by atoms with Gasteiger partial charge in [0.15, 0.2) is 0 Å². The first kappa shape index (κ1) is 17.9. The average Bonchev–Trinajstić information content (AvgIpc) is 3.15. The number of rotatable bonds is 5. The highest BCUT2D eigenvalue weighted by Crippen LogP contribution is 2.38. The number of nitrogens with zero attached hydrogens (tertiary/aromatic N) is 1. The topological polar surface area (TPSA) is 80.0 Å². The molecule has 3 heterocycles. The van der Waals surface area contributed by atoms with Crippen LogP contribution in [0.5, 0.6) is 0 Å². The van der Waals surface area contributed by atoms with Crippen molar-refractivity contribution in [3.05, 3.63) is 48.2 Å². The third-order valence-electron chi connectivity index (χ3n) is 5.22. The van der Waals surface area contributed by atoms with Crippen molar-refractivity contribution in [2.75, 3.05) is 11.9 Å². The van der Waals surface area contributed by atoms with Crippen LogP contribution in [-0.2, 0) is 0 Å². The molecule has 4 rings (SSSR count). The summed E-state index contributed by atoms with van der Waals surface area (Å²) in [6, 6.07) is 13.1. The number of primary amides is 1. The molecule has 1 fully saturated rings.